The van der Waals surface area contributed by atoms with Gasteiger partial charge in [0.05, 0.1) is 6.61 Å². The van der Waals surface area contributed by atoms with Gasteiger partial charge < -0.3 is 4.74 Å². The third-order valence-electron chi connectivity index (χ3n) is 2.71. The highest BCUT2D eigenvalue weighted by atomic mass is 16.5. The van der Waals surface area contributed by atoms with Crippen LogP contribution in [-0.4, -0.2) is 12.6 Å². The number of terminal acetylenes is 1. The molecule has 0 radical (unpaired) electrons. The van der Waals surface area contributed by atoms with Crippen molar-refractivity contribution in [3.63, 3.8) is 0 Å². The lowest BCUT2D eigenvalue weighted by Crippen LogP contribution is -2.05. The molecule has 0 heterocycles. The standard InChI is InChI=1S/C15H26O2/c1-3-5-7-8-9-10-11-12-13-15(16)17-14-6-4-2/h1H,4-14H2,2H3. The fourth-order valence-corrected chi connectivity index (χ4v) is 1.61. The van der Waals surface area contributed by atoms with E-state index in [9.17, 15) is 4.79 Å². The average molecular weight is 238 g/mol. The van der Waals surface area contributed by atoms with Gasteiger partial charge in [-0.1, -0.05) is 39.0 Å². The Balaban J connectivity index is 3.11. The first kappa shape index (κ1) is 16.0. The molecular weight excluding hydrogens is 212 g/mol. The Morgan fingerprint density at radius 3 is 2.35 bits per heavy atom. The predicted molar refractivity (Wildman–Crippen MR) is 71.6 cm³/mol. The molecule has 2 nitrogen and oxygen atoms in total. The summed E-state index contributed by atoms with van der Waals surface area (Å²) in [6.45, 7) is 2.68. The molecule has 0 aromatic carbocycles. The molecule has 17 heavy (non-hydrogen) atoms. The van der Waals surface area contributed by atoms with Crippen LogP contribution in [0.3, 0.4) is 0 Å². The third-order valence-corrected chi connectivity index (χ3v) is 2.71. The molecule has 0 fully saturated rings. The van der Waals surface area contributed by atoms with Crippen LogP contribution in [0.2, 0.25) is 0 Å². The second-order valence-corrected chi connectivity index (χ2v) is 4.40. The molecular formula is C15H26O2. The molecule has 0 spiro atoms. The molecule has 0 aliphatic carbocycles. The Kier molecular flexibility index (Phi) is 12.3. The lowest BCUT2D eigenvalue weighted by atomic mass is 10.1. The van der Waals surface area contributed by atoms with E-state index in [0.29, 0.717) is 13.0 Å². The minimum absolute atomic E-state index is 0.0363. The summed E-state index contributed by atoms with van der Waals surface area (Å²) in [4.78, 5) is 11.2. The molecule has 0 atom stereocenters. The minimum atomic E-state index is -0.0363. The van der Waals surface area contributed by atoms with Crippen molar-refractivity contribution >= 4 is 5.97 Å². The smallest absolute Gasteiger partial charge is 0.305 e. The zero-order valence-corrected chi connectivity index (χ0v) is 11.2. The highest BCUT2D eigenvalue weighted by Crippen LogP contribution is 2.08. The largest absolute Gasteiger partial charge is 0.466 e. The first-order valence-corrected chi connectivity index (χ1v) is 6.90. The highest BCUT2D eigenvalue weighted by molar-refractivity contribution is 5.69. The number of rotatable bonds is 11. The summed E-state index contributed by atoms with van der Waals surface area (Å²) in [6.07, 6.45) is 15.6. The van der Waals surface area contributed by atoms with Crippen LogP contribution in [0.25, 0.3) is 0 Å². The summed E-state index contributed by atoms with van der Waals surface area (Å²) in [6, 6.07) is 0. The van der Waals surface area contributed by atoms with Crippen LogP contribution >= 0.6 is 0 Å². The molecule has 0 aliphatic heterocycles. The quantitative estimate of drug-likeness (QED) is 0.308. The monoisotopic (exact) mass is 238 g/mol. The normalized spacial score (nSPS) is 9.88. The van der Waals surface area contributed by atoms with E-state index < -0.39 is 0 Å². The van der Waals surface area contributed by atoms with Crippen LogP contribution in [0.4, 0.5) is 0 Å². The van der Waals surface area contributed by atoms with Crippen LogP contribution in [-0.2, 0) is 9.53 Å². The van der Waals surface area contributed by atoms with E-state index in [4.69, 9.17) is 11.2 Å². The first-order chi connectivity index (χ1) is 8.31. The molecule has 98 valence electrons. The molecule has 0 rings (SSSR count). The molecule has 2 heteroatoms. The number of carbonyl (C=O) groups is 1. The number of ether oxygens (including phenoxy) is 1. The van der Waals surface area contributed by atoms with Crippen molar-refractivity contribution in [2.24, 2.45) is 0 Å². The van der Waals surface area contributed by atoms with Gasteiger partial charge in [0.15, 0.2) is 0 Å². The Morgan fingerprint density at radius 1 is 1.06 bits per heavy atom. The van der Waals surface area contributed by atoms with Gasteiger partial charge in [-0.25, -0.2) is 0 Å². The van der Waals surface area contributed by atoms with Crippen molar-refractivity contribution in [1.82, 2.24) is 0 Å². The molecule has 0 bridgehead atoms. The molecule has 0 unspecified atom stereocenters. The van der Waals surface area contributed by atoms with Gasteiger partial charge in [0.1, 0.15) is 0 Å². The summed E-state index contributed by atoms with van der Waals surface area (Å²) >= 11 is 0. The van der Waals surface area contributed by atoms with Gasteiger partial charge in [-0.2, -0.15) is 0 Å². The summed E-state index contributed by atoms with van der Waals surface area (Å²) in [5.41, 5.74) is 0. The first-order valence-electron chi connectivity index (χ1n) is 6.90. The Hall–Kier alpha value is -0.970. The highest BCUT2D eigenvalue weighted by Gasteiger charge is 2.01. The van der Waals surface area contributed by atoms with E-state index in [2.05, 4.69) is 12.8 Å². The van der Waals surface area contributed by atoms with E-state index in [1.54, 1.807) is 0 Å². The van der Waals surface area contributed by atoms with Crippen LogP contribution in [0, 0.1) is 12.3 Å². The van der Waals surface area contributed by atoms with Crippen molar-refractivity contribution < 1.29 is 9.53 Å². The summed E-state index contributed by atoms with van der Waals surface area (Å²) in [7, 11) is 0. The zero-order chi connectivity index (χ0) is 12.8. The van der Waals surface area contributed by atoms with Gasteiger partial charge in [0.2, 0.25) is 0 Å². The number of hydrogen-bond donors (Lipinski definition) is 0. The molecule has 0 saturated heterocycles. The van der Waals surface area contributed by atoms with Crippen molar-refractivity contribution in [2.45, 2.75) is 71.1 Å². The van der Waals surface area contributed by atoms with E-state index >= 15 is 0 Å². The molecule has 0 aliphatic rings. The van der Waals surface area contributed by atoms with Crippen molar-refractivity contribution in [1.29, 1.82) is 0 Å². The Bertz CT molecular complexity index is 215. The van der Waals surface area contributed by atoms with Crippen LogP contribution in [0.5, 0.6) is 0 Å². The number of esters is 1. The molecule has 0 amide bonds. The van der Waals surface area contributed by atoms with Crippen molar-refractivity contribution in [2.75, 3.05) is 6.61 Å². The van der Waals surface area contributed by atoms with Gasteiger partial charge >= 0.3 is 5.97 Å². The number of hydrogen-bond acceptors (Lipinski definition) is 2. The van der Waals surface area contributed by atoms with Crippen molar-refractivity contribution in [3.8, 4) is 12.3 Å². The van der Waals surface area contributed by atoms with E-state index in [0.717, 1.165) is 38.5 Å². The summed E-state index contributed by atoms with van der Waals surface area (Å²) < 4.78 is 5.08. The van der Waals surface area contributed by atoms with Crippen LogP contribution < -0.4 is 0 Å². The van der Waals surface area contributed by atoms with Gasteiger partial charge in [-0.05, 0) is 19.3 Å². The minimum Gasteiger partial charge on any atom is -0.466 e. The lowest BCUT2D eigenvalue weighted by molar-refractivity contribution is -0.143. The Morgan fingerprint density at radius 2 is 1.71 bits per heavy atom. The van der Waals surface area contributed by atoms with Gasteiger partial charge in [0.25, 0.3) is 0 Å². The second-order valence-electron chi connectivity index (χ2n) is 4.40. The van der Waals surface area contributed by atoms with Crippen LogP contribution in [0.15, 0.2) is 0 Å². The maximum Gasteiger partial charge on any atom is 0.305 e. The van der Waals surface area contributed by atoms with E-state index in [-0.39, 0.29) is 5.97 Å². The Labute approximate surface area is 106 Å². The van der Waals surface area contributed by atoms with E-state index in [1.165, 1.54) is 19.3 Å². The topological polar surface area (TPSA) is 26.3 Å². The summed E-state index contributed by atoms with van der Waals surface area (Å²) in [5.74, 6) is 2.61. The lowest BCUT2D eigenvalue weighted by Gasteiger charge is -2.03. The van der Waals surface area contributed by atoms with Crippen molar-refractivity contribution in [3.05, 3.63) is 0 Å². The fraction of sp³-hybridized carbons (Fsp3) is 0.800. The predicted octanol–water partition coefficient (Wildman–Crippen LogP) is 4.08. The average Bonchev–Trinajstić information content (AvgIpc) is 2.33. The molecule has 0 saturated carbocycles. The van der Waals surface area contributed by atoms with E-state index in [1.807, 2.05) is 0 Å². The fourth-order valence-electron chi connectivity index (χ4n) is 1.61. The molecule has 0 aromatic heterocycles. The number of unbranched alkanes of at least 4 members (excludes halogenated alkanes) is 7. The summed E-state index contributed by atoms with van der Waals surface area (Å²) in [5, 5.41) is 0. The molecule has 0 N–H and O–H groups in total. The maximum absolute atomic E-state index is 11.2. The second kappa shape index (κ2) is 13.1. The van der Waals surface area contributed by atoms with Gasteiger partial charge in [-0.15, -0.1) is 12.3 Å². The van der Waals surface area contributed by atoms with Gasteiger partial charge in [-0.3, -0.25) is 4.79 Å². The maximum atomic E-state index is 11.2. The molecule has 0 aromatic rings. The van der Waals surface area contributed by atoms with Gasteiger partial charge in [0, 0.05) is 12.8 Å². The zero-order valence-electron chi connectivity index (χ0n) is 11.2. The van der Waals surface area contributed by atoms with Crippen LogP contribution in [0.1, 0.15) is 71.1 Å². The third kappa shape index (κ3) is 13.0. The number of carbonyl (C=O) groups excluding carboxylic acids is 1. The SMILES string of the molecule is C#CCCCCCCCCC(=O)OCCCC.